The summed E-state index contributed by atoms with van der Waals surface area (Å²) in [5, 5.41) is 20.6. The minimum absolute atomic E-state index is 0.00111. The third-order valence-electron chi connectivity index (χ3n) is 8.95. The molecular weight excluding hydrogens is 384 g/mol. The average molecular weight is 414 g/mol. The Balaban J connectivity index is 1.79. The van der Waals surface area contributed by atoms with E-state index in [1.54, 1.807) is 6.08 Å². The Morgan fingerprint density at radius 1 is 1.27 bits per heavy atom. The number of fused-ring (bicyclic) bond motifs is 5. The number of allylic oxidation sites excluding steroid dienone is 4. The standard InChI is InChI=1S/C24H30O6/c1-22-7-3-15(26)11-14(22)12-16(19(27)13-25)21-17(22)4-8-23(2)18(21)5-9-24(23,30)10-6-20(28)29/h4,11,13,16,18,21,30H,3,5-10,12H2,1-2H3,(H,28,29)/t16-,18-,21+,22-,23-,24+/m0/s1. The molecule has 6 heteroatoms. The smallest absolute Gasteiger partial charge is 0.303 e. The van der Waals surface area contributed by atoms with Crippen LogP contribution in [0.5, 0.6) is 0 Å². The Morgan fingerprint density at radius 2 is 2.00 bits per heavy atom. The normalized spacial score (nSPS) is 42.4. The van der Waals surface area contributed by atoms with E-state index in [2.05, 4.69) is 13.0 Å². The lowest BCUT2D eigenvalue weighted by Gasteiger charge is -2.56. The summed E-state index contributed by atoms with van der Waals surface area (Å²) >= 11 is 0. The molecule has 0 amide bonds. The molecule has 30 heavy (non-hydrogen) atoms. The molecule has 0 spiro atoms. The van der Waals surface area contributed by atoms with Crippen molar-refractivity contribution in [2.24, 2.45) is 28.6 Å². The number of Topliss-reactive ketones (excluding diaryl/α,β-unsaturated/α-hetero) is 1. The molecule has 4 aliphatic carbocycles. The van der Waals surface area contributed by atoms with Crippen molar-refractivity contribution in [2.45, 2.75) is 70.8 Å². The molecule has 0 heterocycles. The van der Waals surface area contributed by atoms with Crippen molar-refractivity contribution >= 4 is 23.8 Å². The maximum absolute atomic E-state index is 12.7. The Hall–Kier alpha value is -2.08. The molecule has 2 saturated carbocycles. The highest BCUT2D eigenvalue weighted by Crippen LogP contribution is 2.67. The predicted octanol–water partition coefficient (Wildman–Crippen LogP) is 3.03. The lowest BCUT2D eigenvalue weighted by Crippen LogP contribution is -2.54. The van der Waals surface area contributed by atoms with Crippen LogP contribution in [0, 0.1) is 28.6 Å². The molecule has 0 aromatic carbocycles. The molecule has 0 radical (unpaired) electrons. The van der Waals surface area contributed by atoms with Crippen LogP contribution < -0.4 is 0 Å². The number of aliphatic carboxylic acids is 1. The number of carbonyl (C=O) groups excluding carboxylic acids is 3. The molecule has 162 valence electrons. The number of carboxylic acids is 1. The van der Waals surface area contributed by atoms with Gasteiger partial charge in [-0.3, -0.25) is 19.2 Å². The van der Waals surface area contributed by atoms with E-state index in [0.29, 0.717) is 44.8 Å². The fourth-order valence-corrected chi connectivity index (χ4v) is 7.05. The third kappa shape index (κ3) is 2.87. The summed E-state index contributed by atoms with van der Waals surface area (Å²) in [6.45, 7) is 4.15. The van der Waals surface area contributed by atoms with Crippen molar-refractivity contribution in [3.63, 3.8) is 0 Å². The van der Waals surface area contributed by atoms with Gasteiger partial charge in [0.15, 0.2) is 17.9 Å². The lowest BCUT2D eigenvalue weighted by molar-refractivity contribution is -0.142. The van der Waals surface area contributed by atoms with Crippen molar-refractivity contribution in [3.05, 3.63) is 23.3 Å². The highest BCUT2D eigenvalue weighted by molar-refractivity contribution is 6.26. The first-order chi connectivity index (χ1) is 14.1. The van der Waals surface area contributed by atoms with E-state index in [1.807, 2.05) is 6.92 Å². The molecule has 0 saturated heterocycles. The second-order valence-electron chi connectivity index (χ2n) is 10.2. The van der Waals surface area contributed by atoms with Gasteiger partial charge in [0.1, 0.15) is 0 Å². The Bertz CT molecular complexity index is 884. The third-order valence-corrected chi connectivity index (χ3v) is 8.95. The molecule has 2 fully saturated rings. The quantitative estimate of drug-likeness (QED) is 0.407. The summed E-state index contributed by atoms with van der Waals surface area (Å²) in [6, 6.07) is 0. The highest BCUT2D eigenvalue weighted by atomic mass is 16.4. The number of aldehydes is 1. The first-order valence-corrected chi connectivity index (χ1v) is 10.9. The fourth-order valence-electron chi connectivity index (χ4n) is 7.05. The van der Waals surface area contributed by atoms with Crippen molar-refractivity contribution in [1.29, 1.82) is 0 Å². The van der Waals surface area contributed by atoms with Crippen LogP contribution in [0.15, 0.2) is 23.3 Å². The second-order valence-corrected chi connectivity index (χ2v) is 10.2. The zero-order valence-corrected chi connectivity index (χ0v) is 17.6. The van der Waals surface area contributed by atoms with Gasteiger partial charge in [-0.2, -0.15) is 0 Å². The number of carboxylic acid groups (broad SMARTS) is 1. The minimum atomic E-state index is -1.10. The summed E-state index contributed by atoms with van der Waals surface area (Å²) in [5.41, 5.74) is 0.148. The number of hydrogen-bond acceptors (Lipinski definition) is 5. The zero-order chi connectivity index (χ0) is 21.9. The molecule has 6 nitrogen and oxygen atoms in total. The number of ketones is 2. The Morgan fingerprint density at radius 3 is 2.67 bits per heavy atom. The van der Waals surface area contributed by atoms with E-state index in [1.165, 1.54) is 0 Å². The summed E-state index contributed by atoms with van der Waals surface area (Å²) in [6.07, 6.45) is 7.69. The van der Waals surface area contributed by atoms with Crippen molar-refractivity contribution < 1.29 is 29.4 Å². The van der Waals surface area contributed by atoms with Crippen LogP contribution in [0.4, 0.5) is 0 Å². The fraction of sp³-hybridized carbons (Fsp3) is 0.667. The van der Waals surface area contributed by atoms with Crippen LogP contribution in [0.2, 0.25) is 0 Å². The van der Waals surface area contributed by atoms with E-state index in [-0.39, 0.29) is 35.9 Å². The molecule has 4 rings (SSSR count). The molecular formula is C24H30O6. The topological polar surface area (TPSA) is 109 Å². The van der Waals surface area contributed by atoms with Gasteiger partial charge in [-0.1, -0.05) is 31.1 Å². The van der Waals surface area contributed by atoms with Gasteiger partial charge in [0, 0.05) is 29.6 Å². The molecule has 4 aliphatic rings. The van der Waals surface area contributed by atoms with Crippen LogP contribution in [0.3, 0.4) is 0 Å². The van der Waals surface area contributed by atoms with Gasteiger partial charge in [-0.25, -0.2) is 0 Å². The van der Waals surface area contributed by atoms with E-state index in [0.717, 1.165) is 11.1 Å². The summed E-state index contributed by atoms with van der Waals surface area (Å²) in [4.78, 5) is 47.4. The highest BCUT2D eigenvalue weighted by Gasteiger charge is 2.63. The Kier molecular flexibility index (Phi) is 4.92. The van der Waals surface area contributed by atoms with Crippen LogP contribution in [-0.2, 0) is 19.2 Å². The van der Waals surface area contributed by atoms with Gasteiger partial charge in [0.05, 0.1) is 5.60 Å². The number of carbonyl (C=O) groups is 4. The maximum Gasteiger partial charge on any atom is 0.303 e. The Labute approximate surface area is 176 Å². The molecule has 0 aliphatic heterocycles. The van der Waals surface area contributed by atoms with Crippen LogP contribution in [0.25, 0.3) is 0 Å². The monoisotopic (exact) mass is 414 g/mol. The van der Waals surface area contributed by atoms with Crippen LogP contribution >= 0.6 is 0 Å². The largest absolute Gasteiger partial charge is 0.481 e. The minimum Gasteiger partial charge on any atom is -0.481 e. The van der Waals surface area contributed by atoms with Gasteiger partial charge < -0.3 is 10.2 Å². The zero-order valence-electron chi connectivity index (χ0n) is 17.6. The van der Waals surface area contributed by atoms with E-state index < -0.39 is 28.7 Å². The summed E-state index contributed by atoms with van der Waals surface area (Å²) < 4.78 is 0. The van der Waals surface area contributed by atoms with Crippen LogP contribution in [0.1, 0.15) is 65.2 Å². The first kappa shape index (κ1) is 21.2. The second kappa shape index (κ2) is 6.98. The lowest BCUT2D eigenvalue weighted by atomic mass is 9.47. The molecule has 0 bridgehead atoms. The van der Waals surface area contributed by atoms with E-state index >= 15 is 0 Å². The molecule has 0 unspecified atom stereocenters. The molecule has 0 aromatic rings. The maximum atomic E-state index is 12.7. The SMILES string of the molecule is C[C@]12CCC(=O)C=C1C[C@@H](C(=O)C=O)[C@@H]1C2=CC[C@@]2(C)[C@H]1CC[C@@]2(O)CCC(=O)O. The molecule has 2 N–H and O–H groups in total. The van der Waals surface area contributed by atoms with E-state index in [4.69, 9.17) is 5.11 Å². The summed E-state index contributed by atoms with van der Waals surface area (Å²) in [7, 11) is 0. The van der Waals surface area contributed by atoms with Gasteiger partial charge in [0.25, 0.3) is 0 Å². The van der Waals surface area contributed by atoms with E-state index in [9.17, 15) is 24.3 Å². The van der Waals surface area contributed by atoms with Gasteiger partial charge in [-0.15, -0.1) is 0 Å². The van der Waals surface area contributed by atoms with Crippen molar-refractivity contribution in [3.8, 4) is 0 Å². The predicted molar refractivity (Wildman–Crippen MR) is 108 cm³/mol. The van der Waals surface area contributed by atoms with Crippen molar-refractivity contribution in [2.75, 3.05) is 0 Å². The van der Waals surface area contributed by atoms with Crippen molar-refractivity contribution in [1.82, 2.24) is 0 Å². The average Bonchev–Trinajstić information content (AvgIpc) is 2.97. The number of rotatable bonds is 5. The van der Waals surface area contributed by atoms with Crippen LogP contribution in [-0.4, -0.2) is 39.6 Å². The molecule has 6 atom stereocenters. The first-order valence-electron chi connectivity index (χ1n) is 10.9. The number of aliphatic hydroxyl groups is 1. The van der Waals surface area contributed by atoms with Gasteiger partial charge in [0.2, 0.25) is 0 Å². The van der Waals surface area contributed by atoms with Gasteiger partial charge in [-0.05, 0) is 56.4 Å². The summed E-state index contributed by atoms with van der Waals surface area (Å²) in [5.74, 6) is -1.98. The van der Waals surface area contributed by atoms with Gasteiger partial charge >= 0.3 is 5.97 Å². The number of hydrogen-bond donors (Lipinski definition) is 2. The molecule has 0 aromatic heterocycles.